The lowest BCUT2D eigenvalue weighted by molar-refractivity contribution is 0.653. The molecule has 0 spiro atoms. The number of para-hydroxylation sites is 6. The highest BCUT2D eigenvalue weighted by Gasteiger charge is 2.21. The minimum atomic E-state index is 0.548. The zero-order valence-corrected chi connectivity index (χ0v) is 60.2. The summed E-state index contributed by atoms with van der Waals surface area (Å²) in [5.74, 6) is 0. The van der Waals surface area contributed by atoms with E-state index in [1.807, 2.05) is 60.8 Å². The quantitative estimate of drug-likeness (QED) is 0.170. The molecule has 24 aromatic rings. The van der Waals surface area contributed by atoms with Gasteiger partial charge in [0.25, 0.3) is 0 Å². The number of hydrogen-bond acceptors (Lipinski definition) is 6. The average Bonchev–Trinajstić information content (AvgIpc) is 1.62. The van der Waals surface area contributed by atoms with Crippen molar-refractivity contribution in [2.45, 2.75) is 0 Å². The number of H-pyrrole nitrogens is 1. The summed E-state index contributed by atoms with van der Waals surface area (Å²) in [6.07, 6.45) is 3.63. The second-order valence-corrected chi connectivity index (χ2v) is 28.7. The summed E-state index contributed by atoms with van der Waals surface area (Å²) in [6.45, 7) is 0. The van der Waals surface area contributed by atoms with Gasteiger partial charge in [0.05, 0.1) is 67.7 Å². The van der Waals surface area contributed by atoms with E-state index in [1.165, 1.54) is 110 Å². The normalized spacial score (nSPS) is 11.8. The number of aromatic amines is 1. The predicted molar refractivity (Wildman–Crippen MR) is 459 cm³/mol. The van der Waals surface area contributed by atoms with Gasteiger partial charge in [0.1, 0.15) is 22.2 Å². The van der Waals surface area contributed by atoms with Gasteiger partial charge in [-0.3, -0.25) is 0 Å². The van der Waals surface area contributed by atoms with Crippen molar-refractivity contribution in [1.29, 1.82) is 0 Å². The Morgan fingerprint density at radius 2 is 0.604 bits per heavy atom. The third-order valence-electron chi connectivity index (χ3n) is 21.9. The molecule has 520 valence electrons. The monoisotopic (exact) mass is 1440 g/mol. The van der Waals surface area contributed by atoms with Gasteiger partial charge in [-0.05, 0) is 177 Å². The van der Waals surface area contributed by atoms with E-state index in [9.17, 15) is 0 Å². The molecule has 24 rings (SSSR count). The highest BCUT2D eigenvalue weighted by Crippen LogP contribution is 2.43. The lowest BCUT2D eigenvalue weighted by Gasteiger charge is -2.10. The van der Waals surface area contributed by atoms with Gasteiger partial charge in [-0.2, -0.15) is 0 Å². The van der Waals surface area contributed by atoms with Crippen LogP contribution < -0.4 is 0 Å². The van der Waals surface area contributed by atoms with Crippen LogP contribution in [0, 0.1) is 0 Å². The summed E-state index contributed by atoms with van der Waals surface area (Å²) in [5.41, 5.74) is 25.6. The van der Waals surface area contributed by atoms with Crippen LogP contribution >= 0.6 is 11.6 Å². The molecule has 0 aliphatic rings. The molecule has 8 aromatic heterocycles. The second-order valence-electron chi connectivity index (χ2n) is 28.3. The SMILES string of the molecule is Clc1ccc(-c2cnc3c(n2)oc2ccc4ccccc4c23)cc1.c1ccc(-n2c3ccccc3c3cc(-c4ccc5[nH]c6ccccc6c5c4)ccc32)cc1.c1ccc(-n2c3ccccc3c3cc(-c4ccc5c(c4)c4ccccc4n5-c4ccc(-c5cnc6c(n5)oc5ccc7ccccc7c56)cc4)ccc32)cc1. The molecule has 0 radical (unpaired) electrons. The van der Waals surface area contributed by atoms with Gasteiger partial charge in [-0.1, -0.05) is 230 Å². The van der Waals surface area contributed by atoms with Crippen LogP contribution in [-0.4, -0.2) is 38.6 Å². The maximum Gasteiger partial charge on any atom is 0.246 e. The zero-order valence-electron chi connectivity index (χ0n) is 59.5. The third kappa shape index (κ3) is 10.6. The summed E-state index contributed by atoms with van der Waals surface area (Å²) >= 11 is 5.95. The molecule has 0 bridgehead atoms. The smallest absolute Gasteiger partial charge is 0.246 e. The minimum Gasteiger partial charge on any atom is -0.436 e. The largest absolute Gasteiger partial charge is 0.436 e. The van der Waals surface area contributed by atoms with Crippen molar-refractivity contribution >= 4 is 165 Å². The van der Waals surface area contributed by atoms with E-state index in [1.54, 1.807) is 6.20 Å². The molecular weight excluding hydrogens is 1380 g/mol. The van der Waals surface area contributed by atoms with Gasteiger partial charge in [0, 0.05) is 87.3 Å². The number of nitrogens with zero attached hydrogens (tertiary/aromatic N) is 7. The van der Waals surface area contributed by atoms with Crippen LogP contribution in [0.25, 0.3) is 215 Å². The Labute approximate surface area is 639 Å². The number of furan rings is 2. The van der Waals surface area contributed by atoms with Crippen LogP contribution in [0.1, 0.15) is 0 Å². The van der Waals surface area contributed by atoms with Gasteiger partial charge in [0.15, 0.2) is 0 Å². The molecule has 11 heteroatoms. The molecule has 0 aliphatic carbocycles. The van der Waals surface area contributed by atoms with Gasteiger partial charge in [-0.25, -0.2) is 19.9 Å². The van der Waals surface area contributed by atoms with Crippen LogP contribution in [0.4, 0.5) is 0 Å². The van der Waals surface area contributed by atoms with Crippen LogP contribution in [0.3, 0.4) is 0 Å². The van der Waals surface area contributed by atoms with Crippen molar-refractivity contribution in [2.75, 3.05) is 0 Å². The summed E-state index contributed by atoms with van der Waals surface area (Å²) in [6, 6.07) is 124. The highest BCUT2D eigenvalue weighted by molar-refractivity contribution is 6.30. The molecule has 1 N–H and O–H groups in total. The molecule has 0 amide bonds. The molecule has 0 unspecified atom stereocenters. The second kappa shape index (κ2) is 25.8. The fraction of sp³-hybridized carbons (Fsp3) is 0. The summed E-state index contributed by atoms with van der Waals surface area (Å²) < 4.78 is 19.2. The molecule has 0 saturated carbocycles. The first-order valence-corrected chi connectivity index (χ1v) is 37.5. The van der Waals surface area contributed by atoms with E-state index >= 15 is 0 Å². The predicted octanol–water partition coefficient (Wildman–Crippen LogP) is 27.0. The Bertz CT molecular complexity index is 7840. The lowest BCUT2D eigenvalue weighted by Crippen LogP contribution is -1.94. The number of nitrogens with one attached hydrogen (secondary N) is 1. The van der Waals surface area contributed by atoms with E-state index in [0.717, 1.165) is 93.9 Å². The Hall–Kier alpha value is -14.7. The van der Waals surface area contributed by atoms with Gasteiger partial charge in [0.2, 0.25) is 11.4 Å². The van der Waals surface area contributed by atoms with E-state index in [4.69, 9.17) is 30.4 Å². The number of fused-ring (bicyclic) bond motifs is 22. The number of rotatable bonds is 7. The number of hydrogen-bond donors (Lipinski definition) is 1. The van der Waals surface area contributed by atoms with Gasteiger partial charge in [-0.15, -0.1) is 0 Å². The Morgan fingerprint density at radius 1 is 0.261 bits per heavy atom. The Balaban J connectivity index is 0.000000114. The van der Waals surface area contributed by atoms with Crippen molar-refractivity contribution in [3.63, 3.8) is 0 Å². The topological polar surface area (TPSA) is 108 Å². The summed E-state index contributed by atoms with van der Waals surface area (Å²) in [5, 5.41) is 17.3. The molecule has 8 heterocycles. The Morgan fingerprint density at radius 3 is 1.06 bits per heavy atom. The van der Waals surface area contributed by atoms with Crippen molar-refractivity contribution in [1.82, 2.24) is 38.6 Å². The summed E-state index contributed by atoms with van der Waals surface area (Å²) in [4.78, 5) is 22.6. The first kappa shape index (κ1) is 63.6. The third-order valence-corrected chi connectivity index (χ3v) is 22.2. The van der Waals surface area contributed by atoms with Crippen molar-refractivity contribution in [2.24, 2.45) is 0 Å². The van der Waals surface area contributed by atoms with Crippen LogP contribution in [-0.2, 0) is 0 Å². The lowest BCUT2D eigenvalue weighted by atomic mass is 10.0. The van der Waals surface area contributed by atoms with Crippen molar-refractivity contribution < 1.29 is 8.83 Å². The van der Waals surface area contributed by atoms with E-state index < -0.39 is 0 Å². The van der Waals surface area contributed by atoms with Crippen LogP contribution in [0.5, 0.6) is 0 Å². The number of halogens is 1. The maximum atomic E-state index is 6.22. The van der Waals surface area contributed by atoms with Crippen molar-refractivity contribution in [3.05, 3.63) is 369 Å². The highest BCUT2D eigenvalue weighted by atomic mass is 35.5. The molecular formula is C100H61ClN8O2. The van der Waals surface area contributed by atoms with Crippen molar-refractivity contribution in [3.8, 4) is 61.8 Å². The number of benzene rings is 16. The zero-order chi connectivity index (χ0) is 73.2. The molecule has 10 nitrogen and oxygen atoms in total. The van der Waals surface area contributed by atoms with E-state index in [0.29, 0.717) is 16.4 Å². The van der Waals surface area contributed by atoms with Gasteiger partial charge >= 0.3 is 0 Å². The molecule has 111 heavy (non-hydrogen) atoms. The first-order chi connectivity index (χ1) is 54.9. The fourth-order valence-corrected chi connectivity index (χ4v) is 16.9. The Kier molecular flexibility index (Phi) is 14.8. The molecule has 0 fully saturated rings. The van der Waals surface area contributed by atoms with E-state index in [-0.39, 0.29) is 0 Å². The van der Waals surface area contributed by atoms with Crippen LogP contribution in [0.2, 0.25) is 5.02 Å². The average molecular weight is 1440 g/mol. The fourth-order valence-electron chi connectivity index (χ4n) is 16.8. The first-order valence-electron chi connectivity index (χ1n) is 37.2. The molecule has 0 atom stereocenters. The standard InChI is InChI=1S/C50H30N4O.C30H20N2.C20H11ClN2O/c1-2-11-35(12-3-1)53-43-16-8-6-14-38(43)40-28-33(20-25-45(40)53)34-21-26-46-41(29-34)39-15-7-9-17-44(39)54(46)36-23-18-32(19-24-36)42-30-51-49-48-37-13-5-4-10-31(37)22-27-47(48)55-50(49)52-42;1-2-8-22(9-3-1)32-29-13-7-5-11-24(29)26-19-21(15-17-30(26)32)20-14-16-28-25(18-20)23-10-4-6-12-27(23)31-28;21-14-8-5-13(6-9-14)16-11-22-19-18-15-4-2-1-3-12(15)7-10-17(18)24-20(19)23-16/h1-30H;1-19,31H;1-11H. The van der Waals surface area contributed by atoms with Crippen LogP contribution in [0.15, 0.2) is 373 Å². The van der Waals surface area contributed by atoms with E-state index in [2.05, 4.69) is 326 Å². The molecule has 16 aromatic carbocycles. The molecule has 0 saturated heterocycles. The minimum absolute atomic E-state index is 0.548. The maximum absolute atomic E-state index is 6.22. The summed E-state index contributed by atoms with van der Waals surface area (Å²) in [7, 11) is 0. The number of aromatic nitrogens is 8. The van der Waals surface area contributed by atoms with Gasteiger partial charge < -0.3 is 27.5 Å². The molecule has 0 aliphatic heterocycles.